The summed E-state index contributed by atoms with van der Waals surface area (Å²) in [6.45, 7) is 0. The highest BCUT2D eigenvalue weighted by Crippen LogP contribution is 2.11. The second-order valence-electron chi connectivity index (χ2n) is 3.22. The molecule has 0 spiro atoms. The van der Waals surface area contributed by atoms with E-state index in [9.17, 15) is 0 Å². The molecule has 82 valence electrons. The number of hydrogen-bond donors (Lipinski definition) is 0. The minimum absolute atomic E-state index is 0.738. The molecule has 1 aromatic carbocycles. The van der Waals surface area contributed by atoms with Crippen molar-refractivity contribution in [3.05, 3.63) is 52.5 Å². The summed E-state index contributed by atoms with van der Waals surface area (Å²) in [5.74, 6) is 0. The van der Waals surface area contributed by atoms with Crippen molar-refractivity contribution in [1.29, 1.82) is 0 Å². The van der Waals surface area contributed by atoms with Gasteiger partial charge in [-0.1, -0.05) is 35.5 Å². The molecule has 1 heterocycles. The van der Waals surface area contributed by atoms with Crippen LogP contribution in [0.5, 0.6) is 0 Å². The number of oxime groups is 1. The first kappa shape index (κ1) is 10.8. The zero-order valence-electron chi connectivity index (χ0n) is 8.96. The Kier molecular flexibility index (Phi) is 3.66. The van der Waals surface area contributed by atoms with Crippen LogP contribution in [0.25, 0.3) is 0 Å². The lowest BCUT2D eigenvalue weighted by Crippen LogP contribution is -2.05. The maximum Gasteiger partial charge on any atom is 0.141 e. The third kappa shape index (κ3) is 2.67. The Balaban J connectivity index is 2.20. The van der Waals surface area contributed by atoms with Gasteiger partial charge in [0.15, 0.2) is 0 Å². The maximum absolute atomic E-state index is 4.85. The quantitative estimate of drug-likeness (QED) is 0.600. The average Bonchev–Trinajstić information content (AvgIpc) is 2.83. The summed E-state index contributed by atoms with van der Waals surface area (Å²) in [6, 6.07) is 10.2. The monoisotopic (exact) mass is 232 g/mol. The molecule has 0 aliphatic carbocycles. The van der Waals surface area contributed by atoms with Crippen LogP contribution in [0.4, 0.5) is 0 Å². The van der Waals surface area contributed by atoms with E-state index < -0.39 is 0 Å². The van der Waals surface area contributed by atoms with E-state index in [-0.39, 0.29) is 0 Å². The Bertz CT molecular complexity index is 451. The molecule has 0 amide bonds. The summed E-state index contributed by atoms with van der Waals surface area (Å²) >= 11 is 1.57. The van der Waals surface area contributed by atoms with Crippen LogP contribution in [0.1, 0.15) is 10.6 Å². The van der Waals surface area contributed by atoms with Crippen molar-refractivity contribution in [3.63, 3.8) is 0 Å². The van der Waals surface area contributed by atoms with Gasteiger partial charge in [-0.15, -0.1) is 11.3 Å². The highest BCUT2D eigenvalue weighted by Gasteiger charge is 2.08. The summed E-state index contributed by atoms with van der Waals surface area (Å²) in [4.78, 5) is 9.09. The van der Waals surface area contributed by atoms with E-state index in [1.165, 1.54) is 5.56 Å². The first-order valence-corrected chi connectivity index (χ1v) is 5.82. The predicted molar refractivity (Wildman–Crippen MR) is 65.8 cm³/mol. The van der Waals surface area contributed by atoms with Crippen molar-refractivity contribution >= 4 is 17.0 Å². The Hall–Kier alpha value is -1.68. The van der Waals surface area contributed by atoms with Gasteiger partial charge >= 0.3 is 0 Å². The summed E-state index contributed by atoms with van der Waals surface area (Å²) in [6.07, 6.45) is 2.51. The van der Waals surface area contributed by atoms with E-state index in [1.807, 2.05) is 23.6 Å². The molecule has 16 heavy (non-hydrogen) atoms. The van der Waals surface area contributed by atoms with Gasteiger partial charge in [-0.3, -0.25) is 0 Å². The van der Waals surface area contributed by atoms with Gasteiger partial charge < -0.3 is 4.84 Å². The Labute approximate surface area is 98.4 Å². The van der Waals surface area contributed by atoms with E-state index in [4.69, 9.17) is 4.84 Å². The standard InChI is InChI=1S/C12H12N2OS/c1-15-14-11(12-13-7-8-16-12)9-10-5-3-2-4-6-10/h2-8H,9H2,1H3. The third-order valence-electron chi connectivity index (χ3n) is 2.10. The van der Waals surface area contributed by atoms with E-state index >= 15 is 0 Å². The van der Waals surface area contributed by atoms with Crippen LogP contribution in [0.2, 0.25) is 0 Å². The Morgan fingerprint density at radius 3 is 2.81 bits per heavy atom. The summed E-state index contributed by atoms with van der Waals surface area (Å²) in [5.41, 5.74) is 2.07. The maximum atomic E-state index is 4.85. The summed E-state index contributed by atoms with van der Waals surface area (Å²) in [5, 5.41) is 6.87. The normalized spacial score (nSPS) is 11.4. The Morgan fingerprint density at radius 2 is 2.19 bits per heavy atom. The summed E-state index contributed by atoms with van der Waals surface area (Å²) in [7, 11) is 1.55. The van der Waals surface area contributed by atoms with Gasteiger partial charge in [0.05, 0.1) is 0 Å². The number of aromatic nitrogens is 1. The fraction of sp³-hybridized carbons (Fsp3) is 0.167. The first-order chi connectivity index (χ1) is 7.90. The lowest BCUT2D eigenvalue weighted by molar-refractivity contribution is 0.213. The van der Waals surface area contributed by atoms with Crippen molar-refractivity contribution in [3.8, 4) is 0 Å². The molecular formula is C12H12N2OS. The molecule has 0 bridgehead atoms. The molecule has 1 aromatic heterocycles. The van der Waals surface area contributed by atoms with Gasteiger partial charge in [-0.2, -0.15) is 0 Å². The van der Waals surface area contributed by atoms with Gasteiger partial charge in [0.2, 0.25) is 0 Å². The molecule has 3 nitrogen and oxygen atoms in total. The lowest BCUT2D eigenvalue weighted by Gasteiger charge is -2.02. The van der Waals surface area contributed by atoms with Crippen LogP contribution in [-0.4, -0.2) is 17.8 Å². The van der Waals surface area contributed by atoms with E-state index in [2.05, 4.69) is 22.3 Å². The first-order valence-electron chi connectivity index (χ1n) is 4.94. The molecule has 2 aromatic rings. The topological polar surface area (TPSA) is 34.5 Å². The van der Waals surface area contributed by atoms with Gasteiger partial charge in [-0.25, -0.2) is 4.98 Å². The van der Waals surface area contributed by atoms with Crippen LogP contribution in [0.3, 0.4) is 0 Å². The average molecular weight is 232 g/mol. The number of rotatable bonds is 4. The number of benzene rings is 1. The Morgan fingerprint density at radius 1 is 1.38 bits per heavy atom. The van der Waals surface area contributed by atoms with E-state index in [0.29, 0.717) is 0 Å². The second-order valence-corrected chi connectivity index (χ2v) is 4.11. The molecule has 2 rings (SSSR count). The zero-order valence-corrected chi connectivity index (χ0v) is 9.78. The molecule has 0 saturated heterocycles. The van der Waals surface area contributed by atoms with Gasteiger partial charge in [0.25, 0.3) is 0 Å². The number of hydrogen-bond acceptors (Lipinski definition) is 4. The largest absolute Gasteiger partial charge is 0.399 e. The van der Waals surface area contributed by atoms with Crippen LogP contribution in [0.15, 0.2) is 47.1 Å². The zero-order chi connectivity index (χ0) is 11.2. The molecule has 4 heteroatoms. The van der Waals surface area contributed by atoms with Crippen LogP contribution >= 0.6 is 11.3 Å². The third-order valence-corrected chi connectivity index (χ3v) is 2.92. The lowest BCUT2D eigenvalue weighted by atomic mass is 10.1. The van der Waals surface area contributed by atoms with Gasteiger partial charge in [-0.05, 0) is 5.56 Å². The fourth-order valence-corrected chi connectivity index (χ4v) is 2.03. The molecule has 0 aliphatic heterocycles. The predicted octanol–water partition coefficient (Wildman–Crippen LogP) is 2.74. The highest BCUT2D eigenvalue weighted by atomic mass is 32.1. The molecule has 0 radical (unpaired) electrons. The molecule has 0 N–H and O–H groups in total. The van der Waals surface area contributed by atoms with Crippen LogP contribution < -0.4 is 0 Å². The molecule has 0 unspecified atom stereocenters. The summed E-state index contributed by atoms with van der Waals surface area (Å²) < 4.78 is 0. The number of thiazole rings is 1. The van der Waals surface area contributed by atoms with Crippen LogP contribution in [0, 0.1) is 0 Å². The second kappa shape index (κ2) is 5.42. The van der Waals surface area contributed by atoms with Crippen molar-refractivity contribution in [2.24, 2.45) is 5.16 Å². The molecule has 0 fully saturated rings. The van der Waals surface area contributed by atoms with Gasteiger partial charge in [0, 0.05) is 18.0 Å². The molecule has 0 aliphatic rings. The van der Waals surface area contributed by atoms with Crippen LogP contribution in [-0.2, 0) is 11.3 Å². The molecular weight excluding hydrogens is 220 g/mol. The van der Waals surface area contributed by atoms with E-state index in [1.54, 1.807) is 24.6 Å². The van der Waals surface area contributed by atoms with Crippen molar-refractivity contribution in [2.45, 2.75) is 6.42 Å². The minimum atomic E-state index is 0.738. The van der Waals surface area contributed by atoms with Crippen molar-refractivity contribution in [2.75, 3.05) is 7.11 Å². The SMILES string of the molecule is CON=C(Cc1ccccc1)c1nccs1. The molecule has 0 saturated carbocycles. The highest BCUT2D eigenvalue weighted by molar-refractivity contribution is 7.11. The van der Waals surface area contributed by atoms with Gasteiger partial charge in [0.1, 0.15) is 17.8 Å². The number of nitrogens with zero attached hydrogens (tertiary/aromatic N) is 2. The van der Waals surface area contributed by atoms with Crippen molar-refractivity contribution in [1.82, 2.24) is 4.98 Å². The van der Waals surface area contributed by atoms with Crippen molar-refractivity contribution < 1.29 is 4.84 Å². The minimum Gasteiger partial charge on any atom is -0.399 e. The van der Waals surface area contributed by atoms with E-state index in [0.717, 1.165) is 17.1 Å². The smallest absolute Gasteiger partial charge is 0.141 e. The fourth-order valence-electron chi connectivity index (χ4n) is 1.41. The molecule has 0 atom stereocenters.